The van der Waals surface area contributed by atoms with Crippen molar-refractivity contribution in [3.8, 4) is 0 Å². The van der Waals surface area contributed by atoms with Crippen molar-refractivity contribution in [2.24, 2.45) is 0 Å². The second-order valence-corrected chi connectivity index (χ2v) is 12.4. The largest absolute Gasteiger partial charge is 0.462 e. The number of amides is 1. The molecule has 2 heterocycles. The number of sulfonamides is 1. The highest BCUT2D eigenvalue weighted by Gasteiger charge is 2.29. The molecule has 0 spiro atoms. The molecule has 0 atom stereocenters. The molecule has 3 aromatic carbocycles. The van der Waals surface area contributed by atoms with Gasteiger partial charge in [0, 0.05) is 24.3 Å². The third-order valence-electron chi connectivity index (χ3n) is 7.48. The molecule has 1 saturated heterocycles. The molecule has 0 radical (unpaired) electrons. The summed E-state index contributed by atoms with van der Waals surface area (Å²) in [5.74, 6) is -0.748. The third-order valence-corrected chi connectivity index (χ3v) is 8.67. The smallest absolute Gasteiger partial charge is 0.338 e. The number of benzene rings is 3. The average molecular weight is 589 g/mol. The Balaban J connectivity index is 1.45. The minimum absolute atomic E-state index is 0.259. The average Bonchev–Trinajstić information content (AvgIpc) is 3.31. The van der Waals surface area contributed by atoms with Crippen molar-refractivity contribution >= 4 is 50.2 Å². The molecule has 0 saturated carbocycles. The highest BCUT2D eigenvalue weighted by atomic mass is 32.2. The number of nitrogens with one attached hydrogen (secondary N) is 2. The summed E-state index contributed by atoms with van der Waals surface area (Å²) in [4.78, 5) is 27.9. The van der Waals surface area contributed by atoms with E-state index < -0.39 is 16.0 Å². The number of piperidine rings is 1. The summed E-state index contributed by atoms with van der Waals surface area (Å²) in [5, 5.41) is 6.29. The van der Waals surface area contributed by atoms with Gasteiger partial charge in [-0.2, -0.15) is 0 Å². The first-order chi connectivity index (χ1) is 20.2. The Labute approximate surface area is 247 Å². The predicted molar refractivity (Wildman–Crippen MR) is 167 cm³/mol. The number of carbonyl (C=O) groups is 2. The van der Waals surface area contributed by atoms with Gasteiger partial charge in [0.15, 0.2) is 0 Å². The molecule has 220 valence electrons. The van der Waals surface area contributed by atoms with Crippen LogP contribution in [-0.4, -0.2) is 64.2 Å². The first-order valence-electron chi connectivity index (χ1n) is 14.2. The summed E-state index contributed by atoms with van der Waals surface area (Å²) in [6, 6.07) is 21.7. The van der Waals surface area contributed by atoms with Crippen LogP contribution in [0.1, 0.15) is 47.7 Å². The fourth-order valence-electron chi connectivity index (χ4n) is 5.40. The number of hydrogen-bond acceptors (Lipinski definition) is 7. The molecule has 0 aliphatic carbocycles. The fraction of sp³-hybridized carbons (Fsp3) is 0.312. The summed E-state index contributed by atoms with van der Waals surface area (Å²) >= 11 is 0. The Bertz CT molecular complexity index is 1580. The van der Waals surface area contributed by atoms with E-state index in [0.717, 1.165) is 31.5 Å². The molecule has 2 aliphatic rings. The van der Waals surface area contributed by atoms with E-state index in [9.17, 15) is 18.0 Å². The van der Waals surface area contributed by atoms with Gasteiger partial charge in [0.05, 0.1) is 41.1 Å². The number of fused-ring (bicyclic) bond motifs is 1. The zero-order valence-corrected chi connectivity index (χ0v) is 24.7. The van der Waals surface area contributed by atoms with E-state index in [1.165, 1.54) is 17.0 Å². The van der Waals surface area contributed by atoms with Crippen molar-refractivity contribution in [1.82, 2.24) is 4.90 Å². The van der Waals surface area contributed by atoms with Crippen LogP contribution in [0.15, 0.2) is 72.8 Å². The van der Waals surface area contributed by atoms with E-state index in [1.54, 1.807) is 37.3 Å². The zero-order chi connectivity index (χ0) is 29.7. The van der Waals surface area contributed by atoms with Crippen molar-refractivity contribution < 1.29 is 22.7 Å². The number of esters is 1. The molecule has 0 bridgehead atoms. The van der Waals surface area contributed by atoms with Gasteiger partial charge in [-0.25, -0.2) is 13.2 Å². The van der Waals surface area contributed by atoms with Gasteiger partial charge in [-0.05, 0) is 74.8 Å². The van der Waals surface area contributed by atoms with Gasteiger partial charge in [0.1, 0.15) is 0 Å². The number of ether oxygens (including phenoxy) is 1. The Morgan fingerprint density at radius 3 is 2.36 bits per heavy atom. The molecule has 10 heteroatoms. The minimum atomic E-state index is -3.47. The van der Waals surface area contributed by atoms with Gasteiger partial charge in [-0.15, -0.1) is 0 Å². The second-order valence-electron chi connectivity index (χ2n) is 10.5. The topological polar surface area (TPSA) is 108 Å². The zero-order valence-electron chi connectivity index (χ0n) is 23.9. The van der Waals surface area contributed by atoms with E-state index in [1.807, 2.05) is 42.5 Å². The van der Waals surface area contributed by atoms with Gasteiger partial charge in [0.25, 0.3) is 5.91 Å². The van der Waals surface area contributed by atoms with Crippen molar-refractivity contribution in [1.29, 1.82) is 0 Å². The van der Waals surface area contributed by atoms with E-state index in [-0.39, 0.29) is 12.5 Å². The van der Waals surface area contributed by atoms with E-state index in [4.69, 9.17) is 4.74 Å². The van der Waals surface area contributed by atoms with E-state index in [2.05, 4.69) is 15.5 Å². The summed E-state index contributed by atoms with van der Waals surface area (Å²) < 4.78 is 31.9. The quantitative estimate of drug-likeness (QED) is 0.252. The molecule has 2 aliphatic heterocycles. The first-order valence-corrected chi connectivity index (χ1v) is 16.1. The van der Waals surface area contributed by atoms with Gasteiger partial charge in [-0.3, -0.25) is 9.10 Å². The molecule has 5 rings (SSSR count). The fourth-order valence-corrected chi connectivity index (χ4v) is 6.32. The van der Waals surface area contributed by atoms with Crippen LogP contribution in [0.3, 0.4) is 0 Å². The van der Waals surface area contributed by atoms with Gasteiger partial charge < -0.3 is 20.3 Å². The van der Waals surface area contributed by atoms with Crippen LogP contribution in [0.2, 0.25) is 0 Å². The van der Waals surface area contributed by atoms with Gasteiger partial charge in [0.2, 0.25) is 10.0 Å². The summed E-state index contributed by atoms with van der Waals surface area (Å²) in [7, 11) is -3.47. The molecule has 0 unspecified atom stereocenters. The lowest BCUT2D eigenvalue weighted by atomic mass is 9.99. The van der Waals surface area contributed by atoms with Crippen LogP contribution < -0.4 is 14.9 Å². The first kappa shape index (κ1) is 29.3. The Kier molecular flexibility index (Phi) is 8.94. The Morgan fingerprint density at radius 2 is 1.69 bits per heavy atom. The maximum Gasteiger partial charge on any atom is 0.338 e. The maximum absolute atomic E-state index is 13.3. The highest BCUT2D eigenvalue weighted by molar-refractivity contribution is 7.92. The lowest BCUT2D eigenvalue weighted by Crippen LogP contribution is -2.40. The monoisotopic (exact) mass is 588 g/mol. The molecule has 42 heavy (non-hydrogen) atoms. The van der Waals surface area contributed by atoms with Gasteiger partial charge in [-0.1, -0.05) is 42.8 Å². The number of anilines is 3. The van der Waals surface area contributed by atoms with Crippen molar-refractivity contribution in [3.63, 3.8) is 0 Å². The molecular weight excluding hydrogens is 552 g/mol. The van der Waals surface area contributed by atoms with Crippen molar-refractivity contribution in [3.05, 3.63) is 89.5 Å². The van der Waals surface area contributed by atoms with Gasteiger partial charge >= 0.3 is 5.97 Å². The minimum Gasteiger partial charge on any atom is -0.462 e. The number of hydrogen-bond donors (Lipinski definition) is 2. The van der Waals surface area contributed by atoms with E-state index >= 15 is 0 Å². The van der Waals surface area contributed by atoms with Crippen LogP contribution in [-0.2, 0) is 19.6 Å². The summed E-state index contributed by atoms with van der Waals surface area (Å²) in [5.41, 5.74) is 4.67. The number of carbonyl (C=O) groups excluding carboxylic acids is 2. The number of rotatable bonds is 10. The molecule has 3 aromatic rings. The standard InChI is InChI=1S/C32H36N4O5S/c1-3-41-32(38)24-12-17-27-28(22-24)34-31(37)29(27)30(23-10-6-4-7-11-23)33-25-13-15-26(16-14-25)36(42(2,39)40)21-20-35-18-8-5-9-19-35/h4,6-7,10-17,22,33H,3,5,8-9,18-21H2,1-2H3,(H,34,37)/b30-29-. The maximum atomic E-state index is 13.3. The molecule has 9 nitrogen and oxygen atoms in total. The van der Waals surface area contributed by atoms with Crippen LogP contribution in [0.4, 0.5) is 17.1 Å². The number of nitrogens with zero attached hydrogens (tertiary/aromatic N) is 2. The second kappa shape index (κ2) is 12.8. The summed E-state index contributed by atoms with van der Waals surface area (Å²) in [6.45, 7) is 5.07. The Morgan fingerprint density at radius 1 is 0.976 bits per heavy atom. The SMILES string of the molecule is CCOC(=O)c1ccc2c(c1)NC(=O)/C2=C(\Nc1ccc(N(CCN2CCCCC2)S(C)(=O)=O)cc1)c1ccccc1. The van der Waals surface area contributed by atoms with Crippen LogP contribution in [0.5, 0.6) is 0 Å². The molecule has 2 N–H and O–H groups in total. The lowest BCUT2D eigenvalue weighted by molar-refractivity contribution is -0.110. The van der Waals surface area contributed by atoms with E-state index in [0.29, 0.717) is 52.5 Å². The summed E-state index contributed by atoms with van der Waals surface area (Å²) in [6.07, 6.45) is 4.75. The van der Waals surface area contributed by atoms with Crippen LogP contribution >= 0.6 is 0 Å². The third kappa shape index (κ3) is 6.66. The van der Waals surface area contributed by atoms with Crippen molar-refractivity contribution in [2.45, 2.75) is 26.2 Å². The van der Waals surface area contributed by atoms with Crippen LogP contribution in [0, 0.1) is 0 Å². The molecule has 1 amide bonds. The molecular formula is C32H36N4O5S. The predicted octanol–water partition coefficient (Wildman–Crippen LogP) is 5.05. The highest BCUT2D eigenvalue weighted by Crippen LogP contribution is 2.38. The molecule has 0 aromatic heterocycles. The normalized spacial score (nSPS) is 16.4. The van der Waals surface area contributed by atoms with Crippen LogP contribution in [0.25, 0.3) is 11.3 Å². The molecule has 1 fully saturated rings. The number of likely N-dealkylation sites (tertiary alicyclic amines) is 1. The Hall–Kier alpha value is -4.15. The lowest BCUT2D eigenvalue weighted by Gasteiger charge is -2.30. The van der Waals surface area contributed by atoms with Crippen molar-refractivity contribution in [2.75, 3.05) is 54.0 Å².